The predicted octanol–water partition coefficient (Wildman–Crippen LogP) is 2.51. The summed E-state index contributed by atoms with van der Waals surface area (Å²) in [6, 6.07) is 9.50. The molecular formula is C20H18F2N2O5. The van der Waals surface area contributed by atoms with Gasteiger partial charge in [-0.3, -0.25) is 14.4 Å². The van der Waals surface area contributed by atoms with Gasteiger partial charge >= 0.3 is 5.97 Å². The fourth-order valence-corrected chi connectivity index (χ4v) is 2.99. The molecule has 9 heteroatoms. The summed E-state index contributed by atoms with van der Waals surface area (Å²) < 4.78 is 36.9. The van der Waals surface area contributed by atoms with E-state index in [1.54, 1.807) is 24.3 Å². The fraction of sp³-hybridized carbons (Fsp3) is 0.250. The highest BCUT2D eigenvalue weighted by Gasteiger charge is 2.37. The first-order chi connectivity index (χ1) is 13.9. The number of carbonyl (C=O) groups excluding carboxylic acids is 3. The molecule has 0 saturated carbocycles. The van der Waals surface area contributed by atoms with E-state index < -0.39 is 36.0 Å². The largest absolute Gasteiger partial charge is 0.495 e. The molecule has 1 fully saturated rings. The SMILES string of the molecule is COc1ccccc1N1C[C@@H](C(=O)OCC(=O)Nc2cc(F)ccc2F)CC1=O. The van der Waals surface area contributed by atoms with Gasteiger partial charge in [0.1, 0.15) is 17.4 Å². The zero-order valence-corrected chi connectivity index (χ0v) is 15.5. The summed E-state index contributed by atoms with van der Waals surface area (Å²) in [5.41, 5.74) is 0.180. The summed E-state index contributed by atoms with van der Waals surface area (Å²) in [4.78, 5) is 37.8. The Morgan fingerprint density at radius 2 is 1.97 bits per heavy atom. The summed E-state index contributed by atoms with van der Waals surface area (Å²) in [7, 11) is 1.48. The van der Waals surface area contributed by atoms with Crippen LogP contribution in [0.4, 0.5) is 20.2 Å². The predicted molar refractivity (Wildman–Crippen MR) is 99.4 cm³/mol. The number of halogens is 2. The van der Waals surface area contributed by atoms with Gasteiger partial charge in [0.2, 0.25) is 5.91 Å². The van der Waals surface area contributed by atoms with Crippen LogP contribution in [-0.4, -0.2) is 38.0 Å². The van der Waals surface area contributed by atoms with Crippen LogP contribution in [0.5, 0.6) is 5.75 Å². The molecule has 1 aliphatic heterocycles. The van der Waals surface area contributed by atoms with Crippen molar-refractivity contribution in [2.24, 2.45) is 5.92 Å². The first kappa shape index (κ1) is 20.2. The van der Waals surface area contributed by atoms with Crippen LogP contribution >= 0.6 is 0 Å². The highest BCUT2D eigenvalue weighted by molar-refractivity contribution is 6.01. The normalized spacial score (nSPS) is 15.9. The lowest BCUT2D eigenvalue weighted by Crippen LogP contribution is -2.28. The van der Waals surface area contributed by atoms with Gasteiger partial charge in [0, 0.05) is 19.0 Å². The second kappa shape index (κ2) is 8.68. The van der Waals surface area contributed by atoms with Crippen LogP contribution in [0.1, 0.15) is 6.42 Å². The highest BCUT2D eigenvalue weighted by Crippen LogP contribution is 2.33. The van der Waals surface area contributed by atoms with Gasteiger partial charge in [-0.25, -0.2) is 8.78 Å². The molecule has 152 valence electrons. The van der Waals surface area contributed by atoms with E-state index in [0.717, 1.165) is 18.2 Å². The lowest BCUT2D eigenvalue weighted by molar-refractivity contribution is -0.151. The number of nitrogens with zero attached hydrogens (tertiary/aromatic N) is 1. The first-order valence-electron chi connectivity index (χ1n) is 8.74. The molecule has 0 unspecified atom stereocenters. The molecule has 0 aromatic heterocycles. The molecule has 0 bridgehead atoms. The third kappa shape index (κ3) is 4.68. The Hall–Kier alpha value is -3.49. The second-order valence-electron chi connectivity index (χ2n) is 6.36. The molecule has 0 aliphatic carbocycles. The second-order valence-corrected chi connectivity index (χ2v) is 6.36. The van der Waals surface area contributed by atoms with Crippen molar-refractivity contribution in [3.8, 4) is 5.75 Å². The van der Waals surface area contributed by atoms with E-state index in [1.807, 2.05) is 0 Å². The summed E-state index contributed by atoms with van der Waals surface area (Å²) in [5, 5.41) is 2.13. The van der Waals surface area contributed by atoms with Gasteiger partial charge in [-0.15, -0.1) is 0 Å². The van der Waals surface area contributed by atoms with Crippen molar-refractivity contribution in [2.75, 3.05) is 30.5 Å². The lowest BCUT2D eigenvalue weighted by atomic mass is 10.1. The Kier molecular flexibility index (Phi) is 6.06. The molecule has 2 aromatic rings. The van der Waals surface area contributed by atoms with Crippen molar-refractivity contribution in [1.82, 2.24) is 0 Å². The molecule has 2 amide bonds. The molecule has 1 N–H and O–H groups in total. The maximum atomic E-state index is 13.5. The van der Waals surface area contributed by atoms with Crippen LogP contribution in [-0.2, 0) is 19.1 Å². The molecule has 3 rings (SSSR count). The molecule has 0 radical (unpaired) electrons. The molecular weight excluding hydrogens is 386 g/mol. The first-order valence-corrected chi connectivity index (χ1v) is 8.74. The summed E-state index contributed by atoms with van der Waals surface area (Å²) in [6.45, 7) is -0.605. The maximum absolute atomic E-state index is 13.5. The number of para-hydroxylation sites is 2. The zero-order chi connectivity index (χ0) is 21.0. The maximum Gasteiger partial charge on any atom is 0.311 e. The highest BCUT2D eigenvalue weighted by atomic mass is 19.1. The minimum atomic E-state index is -0.825. The molecule has 2 aromatic carbocycles. The van der Waals surface area contributed by atoms with Crippen molar-refractivity contribution in [3.63, 3.8) is 0 Å². The minimum absolute atomic E-state index is 0.0724. The Morgan fingerprint density at radius 3 is 2.72 bits per heavy atom. The van der Waals surface area contributed by atoms with E-state index in [2.05, 4.69) is 5.32 Å². The van der Waals surface area contributed by atoms with E-state index in [9.17, 15) is 23.2 Å². The van der Waals surface area contributed by atoms with E-state index in [4.69, 9.17) is 9.47 Å². The Morgan fingerprint density at radius 1 is 1.21 bits per heavy atom. The van der Waals surface area contributed by atoms with E-state index in [1.165, 1.54) is 12.0 Å². The number of carbonyl (C=O) groups is 3. The zero-order valence-electron chi connectivity index (χ0n) is 15.5. The standard InChI is InChI=1S/C20H18F2N2O5/c1-28-17-5-3-2-4-16(17)24-10-12(8-19(24)26)20(27)29-11-18(25)23-15-9-13(21)6-7-14(15)22/h2-7,9,12H,8,10-11H2,1H3,(H,23,25)/t12-/m0/s1. The Balaban J connectivity index is 1.57. The van der Waals surface area contributed by atoms with Crippen molar-refractivity contribution in [3.05, 3.63) is 54.1 Å². The van der Waals surface area contributed by atoms with Crippen LogP contribution in [0, 0.1) is 17.6 Å². The number of hydrogen-bond donors (Lipinski definition) is 1. The third-order valence-corrected chi connectivity index (χ3v) is 4.38. The molecule has 1 saturated heterocycles. The minimum Gasteiger partial charge on any atom is -0.495 e. The number of rotatable bonds is 6. The number of hydrogen-bond acceptors (Lipinski definition) is 5. The average Bonchev–Trinajstić information content (AvgIpc) is 3.10. The van der Waals surface area contributed by atoms with Crippen molar-refractivity contribution in [2.45, 2.75) is 6.42 Å². The topological polar surface area (TPSA) is 84.9 Å². The fourth-order valence-electron chi connectivity index (χ4n) is 2.99. The van der Waals surface area contributed by atoms with Crippen molar-refractivity contribution < 1.29 is 32.6 Å². The number of esters is 1. The molecule has 7 nitrogen and oxygen atoms in total. The van der Waals surface area contributed by atoms with Gasteiger partial charge < -0.3 is 19.7 Å². The van der Waals surface area contributed by atoms with Crippen LogP contribution in [0.2, 0.25) is 0 Å². The average molecular weight is 404 g/mol. The molecule has 1 aliphatic rings. The van der Waals surface area contributed by atoms with Crippen LogP contribution in [0.25, 0.3) is 0 Å². The molecule has 0 spiro atoms. The number of benzene rings is 2. The van der Waals surface area contributed by atoms with Gasteiger partial charge in [0.15, 0.2) is 6.61 Å². The number of methoxy groups -OCH3 is 1. The van der Waals surface area contributed by atoms with Gasteiger partial charge in [-0.1, -0.05) is 12.1 Å². The van der Waals surface area contributed by atoms with Gasteiger partial charge in [0.05, 0.1) is 24.4 Å². The smallest absolute Gasteiger partial charge is 0.311 e. The Bertz CT molecular complexity index is 950. The van der Waals surface area contributed by atoms with Gasteiger partial charge in [-0.05, 0) is 24.3 Å². The van der Waals surface area contributed by atoms with Crippen LogP contribution < -0.4 is 15.0 Å². The van der Waals surface area contributed by atoms with E-state index >= 15 is 0 Å². The third-order valence-electron chi connectivity index (χ3n) is 4.38. The number of ether oxygens (including phenoxy) is 2. The quantitative estimate of drug-likeness (QED) is 0.748. The monoisotopic (exact) mass is 404 g/mol. The molecule has 1 heterocycles. The lowest BCUT2D eigenvalue weighted by Gasteiger charge is -2.19. The van der Waals surface area contributed by atoms with Crippen LogP contribution in [0.15, 0.2) is 42.5 Å². The van der Waals surface area contributed by atoms with Crippen LogP contribution in [0.3, 0.4) is 0 Å². The number of amides is 2. The van der Waals surface area contributed by atoms with E-state index in [-0.39, 0.29) is 24.6 Å². The van der Waals surface area contributed by atoms with E-state index in [0.29, 0.717) is 11.4 Å². The Labute approximate surface area is 165 Å². The molecule has 1 atom stereocenters. The summed E-state index contributed by atoms with van der Waals surface area (Å²) in [6.07, 6.45) is -0.0724. The van der Waals surface area contributed by atoms with Crippen molar-refractivity contribution in [1.29, 1.82) is 0 Å². The number of nitrogens with one attached hydrogen (secondary N) is 1. The number of anilines is 2. The van der Waals surface area contributed by atoms with Gasteiger partial charge in [0.25, 0.3) is 5.91 Å². The van der Waals surface area contributed by atoms with Gasteiger partial charge in [-0.2, -0.15) is 0 Å². The van der Waals surface area contributed by atoms with Crippen molar-refractivity contribution >= 4 is 29.2 Å². The summed E-state index contributed by atoms with van der Waals surface area (Å²) in [5.74, 6) is -3.64. The summed E-state index contributed by atoms with van der Waals surface area (Å²) >= 11 is 0. The molecule has 29 heavy (non-hydrogen) atoms.